The van der Waals surface area contributed by atoms with Crippen molar-refractivity contribution in [3.05, 3.63) is 428 Å². The van der Waals surface area contributed by atoms with Crippen LogP contribution in [0.5, 0.6) is 0 Å². The number of nitrogens with zero attached hydrogens (tertiary/aromatic N) is 6. The van der Waals surface area contributed by atoms with E-state index in [1.165, 1.54) is 123 Å². The lowest BCUT2D eigenvalue weighted by atomic mass is 9.84. The van der Waals surface area contributed by atoms with Gasteiger partial charge >= 0.3 is 0 Å². The van der Waals surface area contributed by atoms with E-state index in [4.69, 9.17) is 0 Å². The maximum absolute atomic E-state index is 2.42. The van der Waals surface area contributed by atoms with Gasteiger partial charge in [-0.15, -0.1) is 0 Å². The van der Waals surface area contributed by atoms with Crippen LogP contribution in [0.15, 0.2) is 328 Å². The van der Waals surface area contributed by atoms with Crippen LogP contribution in [-0.4, -0.2) is 0 Å². The molecule has 0 heterocycles. The summed E-state index contributed by atoms with van der Waals surface area (Å²) in [5, 5.41) is 0. The Labute approximate surface area is 756 Å². The zero-order chi connectivity index (χ0) is 90.4. The quantitative estimate of drug-likeness (QED) is 0.0847. The largest absolute Gasteiger partial charge is 0.311 e. The molecule has 0 spiro atoms. The standard InChI is InChI=1S/C44H52N2.C41H46N2.C35H34N2/c1-29-13-17-37(18-14-29)45(41-31(3)25-35(26-32(41)4)43(7,8)9)39-21-23-40(24-22-39)46(38-19-15-30(2)16-20-38)42-33(5)27-36(28-34(42)6)44(10,11)12;1-29-10-17-34(18-11-29)42(35-19-13-32(14-20-35)40(4,5)6)36-23-25-38(26-24-36)43(39-27-12-30(2)28-31(39)3)37-21-15-33(16-22-37)41(7,8)9;1-25-6-14-30(15-7-25)36(31-16-8-26(2)9-17-31)34-22-23-35(29(5)24-34)37(32-18-10-27(3)11-19-32)33-20-12-28(4)13-21-33/h13-28H,1-12H3;10-28H,1-9H3;6-24H,1-5H3. The van der Waals surface area contributed by atoms with Crippen LogP contribution in [0.3, 0.4) is 0 Å². The van der Waals surface area contributed by atoms with Gasteiger partial charge in [0, 0.05) is 91.0 Å². The molecule has 126 heavy (non-hydrogen) atoms. The summed E-state index contributed by atoms with van der Waals surface area (Å²) in [4.78, 5) is 14.2. The molecule has 15 aromatic carbocycles. The van der Waals surface area contributed by atoms with Gasteiger partial charge in [0.25, 0.3) is 0 Å². The number of aryl methyl sites for hydroxylation is 14. The lowest BCUT2D eigenvalue weighted by Gasteiger charge is -2.32. The molecule has 0 N–H and O–H groups in total. The molecule has 0 aliphatic rings. The predicted octanol–water partition coefficient (Wildman–Crippen LogP) is 35.4. The smallest absolute Gasteiger partial charge is 0.0520 e. The summed E-state index contributed by atoms with van der Waals surface area (Å²) in [6, 6.07) is 121. The fourth-order valence-corrected chi connectivity index (χ4v) is 16.7. The minimum atomic E-state index is 0.0885. The fourth-order valence-electron chi connectivity index (χ4n) is 16.7. The highest BCUT2D eigenvalue weighted by Crippen LogP contribution is 2.48. The minimum Gasteiger partial charge on any atom is -0.311 e. The van der Waals surface area contributed by atoms with Crippen LogP contribution in [0.4, 0.5) is 102 Å². The molecular formula is C120H132N6. The van der Waals surface area contributed by atoms with Crippen molar-refractivity contribution in [2.75, 3.05) is 29.4 Å². The van der Waals surface area contributed by atoms with E-state index in [0.29, 0.717) is 0 Å². The van der Waals surface area contributed by atoms with Gasteiger partial charge in [0.1, 0.15) is 0 Å². The maximum Gasteiger partial charge on any atom is 0.0520 e. The lowest BCUT2D eigenvalue weighted by Crippen LogP contribution is -2.17. The van der Waals surface area contributed by atoms with E-state index in [2.05, 4.69) is 537 Å². The molecule has 6 heteroatoms. The highest BCUT2D eigenvalue weighted by atomic mass is 15.2. The first-order valence-electron chi connectivity index (χ1n) is 44.8. The van der Waals surface area contributed by atoms with E-state index in [1.54, 1.807) is 0 Å². The van der Waals surface area contributed by atoms with Gasteiger partial charge in [-0.1, -0.05) is 273 Å². The highest BCUT2D eigenvalue weighted by molar-refractivity contribution is 5.88. The third-order valence-corrected chi connectivity index (χ3v) is 24.2. The monoisotopic (exact) mass is 1660 g/mol. The molecule has 0 radical (unpaired) electrons. The van der Waals surface area contributed by atoms with Crippen molar-refractivity contribution in [2.45, 2.75) is 202 Å². The van der Waals surface area contributed by atoms with Crippen LogP contribution in [-0.2, 0) is 21.7 Å². The number of rotatable bonds is 18. The van der Waals surface area contributed by atoms with Gasteiger partial charge in [-0.25, -0.2) is 0 Å². The Morgan fingerprint density at radius 3 is 0.516 bits per heavy atom. The molecule has 15 rings (SSSR count). The molecule has 0 bridgehead atoms. The van der Waals surface area contributed by atoms with Crippen LogP contribution in [0.2, 0.25) is 0 Å². The summed E-state index contributed by atoms with van der Waals surface area (Å²) in [7, 11) is 0. The normalized spacial score (nSPS) is 11.6. The van der Waals surface area contributed by atoms with E-state index in [1.807, 2.05) is 0 Å². The first-order chi connectivity index (χ1) is 59.7. The van der Waals surface area contributed by atoms with Crippen molar-refractivity contribution in [3.8, 4) is 0 Å². The summed E-state index contributed by atoms with van der Waals surface area (Å²) >= 11 is 0. The zero-order valence-electron chi connectivity index (χ0n) is 79.9. The van der Waals surface area contributed by atoms with Gasteiger partial charge in [-0.2, -0.15) is 0 Å². The van der Waals surface area contributed by atoms with E-state index in [-0.39, 0.29) is 21.7 Å². The number of hydrogen-bond donors (Lipinski definition) is 0. The molecule has 0 aromatic heterocycles. The Bertz CT molecular complexity index is 5920. The van der Waals surface area contributed by atoms with Crippen LogP contribution >= 0.6 is 0 Å². The minimum absolute atomic E-state index is 0.0885. The summed E-state index contributed by atoms with van der Waals surface area (Å²) in [5.41, 5.74) is 44.3. The third kappa shape index (κ3) is 21.4. The number of hydrogen-bond acceptors (Lipinski definition) is 6. The average Bonchev–Trinajstić information content (AvgIpc) is 0.752. The van der Waals surface area contributed by atoms with Gasteiger partial charge in [-0.05, 0) is 356 Å². The first kappa shape index (κ1) is 90.8. The fraction of sp³-hybridized carbons (Fsp3) is 0.250. The van der Waals surface area contributed by atoms with Crippen LogP contribution in [0, 0.1) is 96.9 Å². The maximum atomic E-state index is 2.42. The summed E-state index contributed by atoms with van der Waals surface area (Å²) in [6.45, 7) is 57.8. The van der Waals surface area contributed by atoms with Crippen molar-refractivity contribution < 1.29 is 0 Å². The van der Waals surface area contributed by atoms with Gasteiger partial charge in [0.05, 0.1) is 11.4 Å². The van der Waals surface area contributed by atoms with Gasteiger partial charge < -0.3 is 29.4 Å². The highest BCUT2D eigenvalue weighted by Gasteiger charge is 2.28. The third-order valence-electron chi connectivity index (χ3n) is 24.2. The molecule has 642 valence electrons. The Morgan fingerprint density at radius 1 is 0.135 bits per heavy atom. The Morgan fingerprint density at radius 2 is 0.302 bits per heavy atom. The molecule has 0 aliphatic carbocycles. The molecular weight excluding hydrogens is 1530 g/mol. The van der Waals surface area contributed by atoms with Crippen LogP contribution in [0.25, 0.3) is 0 Å². The van der Waals surface area contributed by atoms with E-state index >= 15 is 0 Å². The van der Waals surface area contributed by atoms with Crippen molar-refractivity contribution in [1.82, 2.24) is 0 Å². The summed E-state index contributed by atoms with van der Waals surface area (Å²) < 4.78 is 0. The lowest BCUT2D eigenvalue weighted by molar-refractivity contribution is 0.589. The SMILES string of the molecule is Cc1ccc(N(c2ccc(C)cc2)c2ccc(N(c3ccc(C)cc3)c3ccc(C)cc3)c(C)c2)cc1.Cc1ccc(N(c2ccc(N(c3ccc(C(C)(C)C)cc3)c3ccc(C)cc3C)cc2)c2ccc(C(C)(C)C)cc2)cc1.Cc1ccc(N(c2ccc(N(c3ccc(C)cc3)c3c(C)cc(C(C)(C)C)cc3C)cc2)c2c(C)cc(C(C)(C)C)cc2C)cc1. The molecule has 6 nitrogen and oxygen atoms in total. The van der Waals surface area contributed by atoms with Crippen molar-refractivity contribution in [1.29, 1.82) is 0 Å². The Balaban J connectivity index is 0.000000163. The Hall–Kier alpha value is -12.9. The summed E-state index contributed by atoms with van der Waals surface area (Å²) in [5.74, 6) is 0. The van der Waals surface area contributed by atoms with E-state index < -0.39 is 0 Å². The average molecular weight is 1660 g/mol. The van der Waals surface area contributed by atoms with Gasteiger partial charge in [0.2, 0.25) is 0 Å². The van der Waals surface area contributed by atoms with E-state index in [0.717, 1.165) is 79.6 Å². The van der Waals surface area contributed by atoms with Crippen molar-refractivity contribution in [3.63, 3.8) is 0 Å². The predicted molar refractivity (Wildman–Crippen MR) is 549 cm³/mol. The molecule has 0 saturated heterocycles. The second-order valence-electron chi connectivity index (χ2n) is 39.2. The van der Waals surface area contributed by atoms with Gasteiger partial charge in [0.15, 0.2) is 0 Å². The van der Waals surface area contributed by atoms with Gasteiger partial charge in [-0.3, -0.25) is 0 Å². The zero-order valence-corrected chi connectivity index (χ0v) is 79.9. The first-order valence-corrected chi connectivity index (χ1v) is 44.8. The number of anilines is 18. The van der Waals surface area contributed by atoms with Crippen molar-refractivity contribution >= 4 is 102 Å². The molecule has 0 fully saturated rings. The van der Waals surface area contributed by atoms with Crippen molar-refractivity contribution in [2.24, 2.45) is 0 Å². The second-order valence-corrected chi connectivity index (χ2v) is 39.2. The van der Waals surface area contributed by atoms with Crippen LogP contribution < -0.4 is 29.4 Å². The molecule has 15 aromatic rings. The molecule has 0 atom stereocenters. The number of benzene rings is 15. The molecule has 0 saturated carbocycles. The molecule has 0 unspecified atom stereocenters. The summed E-state index contributed by atoms with van der Waals surface area (Å²) in [6.07, 6.45) is 0. The molecule has 0 aliphatic heterocycles. The molecule has 0 amide bonds. The second kappa shape index (κ2) is 37.9. The van der Waals surface area contributed by atoms with E-state index in [9.17, 15) is 0 Å². The van der Waals surface area contributed by atoms with Crippen LogP contribution in [0.1, 0.15) is 183 Å². The Kier molecular flexibility index (Phi) is 27.3. The topological polar surface area (TPSA) is 19.4 Å².